The Labute approximate surface area is 323 Å². The summed E-state index contributed by atoms with van der Waals surface area (Å²) in [4.78, 5) is 2.48. The maximum absolute atomic E-state index is 10.3. The van der Waals surface area contributed by atoms with Crippen LogP contribution in [0.3, 0.4) is 0 Å². The van der Waals surface area contributed by atoms with E-state index in [1.165, 1.54) is 22.2 Å². The number of benzene rings is 2. The zero-order chi connectivity index (χ0) is 37.9. The lowest BCUT2D eigenvalue weighted by Gasteiger charge is -2.31. The van der Waals surface area contributed by atoms with E-state index >= 15 is 0 Å². The van der Waals surface area contributed by atoms with E-state index in [9.17, 15) is 15.8 Å². The van der Waals surface area contributed by atoms with E-state index in [1.54, 1.807) is 0 Å². The molecule has 4 aliphatic carbocycles. The number of nitrogens with zero attached hydrogens (tertiary/aromatic N) is 5. The molecule has 3 unspecified atom stereocenters. The summed E-state index contributed by atoms with van der Waals surface area (Å²) in [6, 6.07) is 21.9. The molecular formula is C50H41N5. The largest absolute Gasteiger partial charge is 0.337 e. The Balaban J connectivity index is 1.18. The molecular weight excluding hydrogens is 671 g/mol. The monoisotopic (exact) mass is 711 g/mol. The third-order valence-corrected chi connectivity index (χ3v) is 11.1. The molecule has 0 spiro atoms. The molecule has 5 heteroatoms. The number of hydrogen-bond donors (Lipinski definition) is 0. The van der Waals surface area contributed by atoms with Gasteiger partial charge < -0.3 is 9.47 Å². The summed E-state index contributed by atoms with van der Waals surface area (Å²) in [6.45, 7) is 6.06. The van der Waals surface area contributed by atoms with Crippen molar-refractivity contribution >= 4 is 33.8 Å². The Morgan fingerprint density at radius 1 is 0.927 bits per heavy atom. The smallest absolute Gasteiger partial charge is 0.0992 e. The Morgan fingerprint density at radius 2 is 1.78 bits per heavy atom. The number of rotatable bonds is 8. The molecule has 1 aromatic heterocycles. The van der Waals surface area contributed by atoms with Gasteiger partial charge in [-0.05, 0) is 83.5 Å². The fourth-order valence-corrected chi connectivity index (χ4v) is 8.63. The van der Waals surface area contributed by atoms with Crippen LogP contribution in [-0.4, -0.2) is 15.5 Å². The Bertz CT molecular complexity index is 2590. The van der Waals surface area contributed by atoms with E-state index in [4.69, 9.17) is 0 Å². The van der Waals surface area contributed by atoms with Gasteiger partial charge in [0.05, 0.1) is 41.2 Å². The lowest BCUT2D eigenvalue weighted by Crippen LogP contribution is -2.31. The van der Waals surface area contributed by atoms with Gasteiger partial charge in [0.15, 0.2) is 0 Å². The summed E-state index contributed by atoms with van der Waals surface area (Å²) in [5.41, 5.74) is 13.6. The standard InChI is InChI=1S/C50H41N5/c1-3-46-42(19-11-13-34(2)31-51)43-17-7-9-21-48(43)54(46)40-15-12-14-37(24-25-40)38-27-36(33-53)28-39(30-38)41-16-5-4-6-20-47(41)55-49-22-10-8-18-44(49)45-29-35(32-52)23-26-50(45)55/h4-11,14-19,21-28,30,35,43,48H,2-3,12-13,20,29H2,1H3/b19-11-. The summed E-state index contributed by atoms with van der Waals surface area (Å²) in [5, 5.41) is 30.5. The van der Waals surface area contributed by atoms with Crippen molar-refractivity contribution < 1.29 is 0 Å². The molecule has 2 heterocycles. The highest BCUT2D eigenvalue weighted by atomic mass is 15.2. The van der Waals surface area contributed by atoms with Crippen molar-refractivity contribution in [2.24, 2.45) is 11.8 Å². The number of aromatic nitrogens is 1. The zero-order valence-corrected chi connectivity index (χ0v) is 31.0. The summed E-state index contributed by atoms with van der Waals surface area (Å²) >= 11 is 0. The Morgan fingerprint density at radius 3 is 2.62 bits per heavy atom. The van der Waals surface area contributed by atoms with Crippen LogP contribution in [0, 0.1) is 45.8 Å². The molecule has 0 radical (unpaired) electrons. The van der Waals surface area contributed by atoms with Crippen LogP contribution in [0.25, 0.3) is 33.8 Å². The van der Waals surface area contributed by atoms with Gasteiger partial charge in [0.2, 0.25) is 0 Å². The molecule has 8 rings (SSSR count). The second-order valence-electron chi connectivity index (χ2n) is 14.4. The Kier molecular flexibility index (Phi) is 9.74. The van der Waals surface area contributed by atoms with Gasteiger partial charge >= 0.3 is 0 Å². The third kappa shape index (κ3) is 6.54. The fourth-order valence-electron chi connectivity index (χ4n) is 8.63. The van der Waals surface area contributed by atoms with Crippen molar-refractivity contribution in [2.45, 2.75) is 45.1 Å². The van der Waals surface area contributed by atoms with Gasteiger partial charge in [-0.2, -0.15) is 15.8 Å². The van der Waals surface area contributed by atoms with Crippen LogP contribution in [0.5, 0.6) is 0 Å². The Hall–Kier alpha value is -6.87. The van der Waals surface area contributed by atoms with E-state index in [0.29, 0.717) is 30.4 Å². The van der Waals surface area contributed by atoms with E-state index < -0.39 is 0 Å². The fraction of sp³-hybridized carbons (Fsp3) is 0.180. The SMILES string of the molecule is C=C(C#N)C/C=C\C1=C(CC)N(C2=CCC=C(c3cc(C#N)cc(C4=C(n5c6c(c7ccccc75)CC(C#N)C=C6)CC=CC=C4)c3)C=C2)C2C=CC=CC12. The highest BCUT2D eigenvalue weighted by Crippen LogP contribution is 2.44. The maximum atomic E-state index is 10.3. The zero-order valence-electron chi connectivity index (χ0n) is 31.0. The molecule has 0 saturated carbocycles. The van der Waals surface area contributed by atoms with Crippen LogP contribution in [0.1, 0.15) is 60.6 Å². The van der Waals surface area contributed by atoms with Crippen molar-refractivity contribution in [1.82, 2.24) is 9.47 Å². The highest BCUT2D eigenvalue weighted by Gasteiger charge is 2.38. The van der Waals surface area contributed by atoms with Crippen LogP contribution in [0.15, 0.2) is 163 Å². The van der Waals surface area contributed by atoms with Gasteiger partial charge in [0, 0.05) is 58.1 Å². The summed E-state index contributed by atoms with van der Waals surface area (Å²) in [6.07, 6.45) is 38.3. The molecule has 2 aromatic carbocycles. The number of allylic oxidation sites excluding steroid dienone is 18. The summed E-state index contributed by atoms with van der Waals surface area (Å²) in [5.74, 6) is 0.0783. The van der Waals surface area contributed by atoms with Gasteiger partial charge in [-0.1, -0.05) is 117 Å². The molecule has 1 aliphatic heterocycles. The number of para-hydroxylation sites is 1. The number of fused-ring (bicyclic) bond motifs is 4. The van der Waals surface area contributed by atoms with E-state index in [0.717, 1.165) is 57.7 Å². The van der Waals surface area contributed by atoms with Gasteiger partial charge in [-0.3, -0.25) is 0 Å². The molecule has 0 N–H and O–H groups in total. The first-order valence-corrected chi connectivity index (χ1v) is 19.1. The second-order valence-corrected chi connectivity index (χ2v) is 14.4. The predicted molar refractivity (Wildman–Crippen MR) is 224 cm³/mol. The van der Waals surface area contributed by atoms with Crippen molar-refractivity contribution in [2.75, 3.05) is 0 Å². The average molecular weight is 712 g/mol. The van der Waals surface area contributed by atoms with Crippen LogP contribution in [0.2, 0.25) is 0 Å². The molecule has 0 saturated heterocycles. The topological polar surface area (TPSA) is 79.5 Å². The van der Waals surface area contributed by atoms with Crippen LogP contribution in [-0.2, 0) is 6.42 Å². The first-order chi connectivity index (χ1) is 27.0. The van der Waals surface area contributed by atoms with Gasteiger partial charge in [0.1, 0.15) is 0 Å². The van der Waals surface area contributed by atoms with Gasteiger partial charge in [-0.25, -0.2) is 0 Å². The first-order valence-electron chi connectivity index (χ1n) is 19.1. The van der Waals surface area contributed by atoms with Crippen molar-refractivity contribution in [3.8, 4) is 18.2 Å². The molecule has 55 heavy (non-hydrogen) atoms. The van der Waals surface area contributed by atoms with Crippen molar-refractivity contribution in [3.05, 3.63) is 191 Å². The van der Waals surface area contributed by atoms with Gasteiger partial charge in [-0.15, -0.1) is 0 Å². The minimum Gasteiger partial charge on any atom is -0.337 e. The average Bonchev–Trinajstić information content (AvgIpc) is 3.43. The van der Waals surface area contributed by atoms with Crippen LogP contribution in [0.4, 0.5) is 0 Å². The molecule has 0 bridgehead atoms. The summed E-state index contributed by atoms with van der Waals surface area (Å²) < 4.78 is 2.37. The van der Waals surface area contributed by atoms with Crippen molar-refractivity contribution in [1.29, 1.82) is 15.8 Å². The number of nitriles is 3. The molecule has 5 aliphatic rings. The van der Waals surface area contributed by atoms with E-state index in [2.05, 4.69) is 163 Å². The summed E-state index contributed by atoms with van der Waals surface area (Å²) in [7, 11) is 0. The van der Waals surface area contributed by atoms with E-state index in [-0.39, 0.29) is 17.9 Å². The molecule has 3 aromatic rings. The maximum Gasteiger partial charge on any atom is 0.0992 e. The molecule has 0 fully saturated rings. The first kappa shape index (κ1) is 35.2. The van der Waals surface area contributed by atoms with Gasteiger partial charge in [0.25, 0.3) is 0 Å². The normalized spacial score (nSPS) is 21.2. The van der Waals surface area contributed by atoms with Crippen molar-refractivity contribution in [3.63, 3.8) is 0 Å². The lowest BCUT2D eigenvalue weighted by molar-refractivity contribution is 0.366. The minimum absolute atomic E-state index is 0.146. The lowest BCUT2D eigenvalue weighted by atomic mass is 9.89. The predicted octanol–water partition coefficient (Wildman–Crippen LogP) is 11.5. The quantitative estimate of drug-likeness (QED) is 0.218. The molecule has 3 atom stereocenters. The minimum atomic E-state index is -0.146. The number of hydrogen-bond acceptors (Lipinski definition) is 4. The van der Waals surface area contributed by atoms with Crippen LogP contribution >= 0.6 is 0 Å². The van der Waals surface area contributed by atoms with Crippen LogP contribution < -0.4 is 0 Å². The molecule has 0 amide bonds. The molecule has 266 valence electrons. The molecule has 5 nitrogen and oxygen atoms in total. The third-order valence-electron chi connectivity index (χ3n) is 11.1. The van der Waals surface area contributed by atoms with E-state index in [1.807, 2.05) is 18.2 Å². The second kappa shape index (κ2) is 15.2. The highest BCUT2D eigenvalue weighted by molar-refractivity contribution is 5.99.